The number of rotatable bonds is 2. The molecule has 5 heteroatoms. The summed E-state index contributed by atoms with van der Waals surface area (Å²) in [6.07, 6.45) is 5.44. The molecule has 1 saturated heterocycles. The second kappa shape index (κ2) is 6.38. The van der Waals surface area contributed by atoms with Crippen LogP contribution in [0.1, 0.15) is 44.4 Å². The van der Waals surface area contributed by atoms with Crippen molar-refractivity contribution in [2.75, 3.05) is 18.0 Å². The first-order chi connectivity index (χ1) is 11.4. The van der Waals surface area contributed by atoms with Gasteiger partial charge in [-0.3, -0.25) is 4.79 Å². The van der Waals surface area contributed by atoms with Crippen LogP contribution in [0.4, 0.5) is 5.82 Å². The van der Waals surface area contributed by atoms with Gasteiger partial charge in [0.1, 0.15) is 11.6 Å². The summed E-state index contributed by atoms with van der Waals surface area (Å²) < 4.78 is 0. The number of hydrogen-bond donors (Lipinski definition) is 1. The Morgan fingerprint density at radius 1 is 1.17 bits per heavy atom. The number of H-pyrrole nitrogens is 1. The number of anilines is 1. The van der Waals surface area contributed by atoms with Gasteiger partial charge in [-0.05, 0) is 50.7 Å². The third-order valence-electron chi connectivity index (χ3n) is 5.08. The number of nitrogens with one attached hydrogen (secondary N) is 1. The van der Waals surface area contributed by atoms with E-state index in [0.717, 1.165) is 30.2 Å². The molecule has 0 atom stereocenters. The molecule has 3 heterocycles. The van der Waals surface area contributed by atoms with Gasteiger partial charge in [-0.2, -0.15) is 0 Å². The van der Waals surface area contributed by atoms with Crippen LogP contribution >= 0.6 is 0 Å². The molecule has 1 aliphatic heterocycles. The van der Waals surface area contributed by atoms with Crippen LogP contribution in [0.5, 0.6) is 0 Å². The van der Waals surface area contributed by atoms with E-state index in [1.54, 1.807) is 13.1 Å². The van der Waals surface area contributed by atoms with E-state index in [-0.39, 0.29) is 5.56 Å². The molecular formula is C19H26N4O. The van der Waals surface area contributed by atoms with E-state index in [1.165, 1.54) is 19.3 Å². The zero-order valence-electron chi connectivity index (χ0n) is 15.0. The van der Waals surface area contributed by atoms with Crippen molar-refractivity contribution in [2.24, 2.45) is 5.41 Å². The van der Waals surface area contributed by atoms with E-state index in [2.05, 4.69) is 33.7 Å². The van der Waals surface area contributed by atoms with Crippen LogP contribution in [0.2, 0.25) is 0 Å². The summed E-state index contributed by atoms with van der Waals surface area (Å²) in [5.74, 6) is 1.58. The SMILES string of the molecule is Cc1nc(-c2ccc(N3CCCC(C)(C)CC3)nc2)[nH]c(=O)c1C. The van der Waals surface area contributed by atoms with Crippen molar-refractivity contribution in [3.05, 3.63) is 39.9 Å². The Kier molecular flexibility index (Phi) is 4.43. The van der Waals surface area contributed by atoms with Gasteiger partial charge in [-0.25, -0.2) is 9.97 Å². The highest BCUT2D eigenvalue weighted by atomic mass is 16.1. The van der Waals surface area contributed by atoms with E-state index in [1.807, 2.05) is 19.1 Å². The van der Waals surface area contributed by atoms with E-state index < -0.39 is 0 Å². The highest BCUT2D eigenvalue weighted by molar-refractivity contribution is 5.56. The van der Waals surface area contributed by atoms with Crippen molar-refractivity contribution in [3.63, 3.8) is 0 Å². The van der Waals surface area contributed by atoms with E-state index >= 15 is 0 Å². The van der Waals surface area contributed by atoms with Crippen LogP contribution in [0.15, 0.2) is 23.1 Å². The fraction of sp³-hybridized carbons (Fsp3) is 0.526. The standard InChI is InChI=1S/C19H26N4O/c1-13-14(2)21-17(22-18(13)24)15-6-7-16(20-12-15)23-10-5-8-19(3,4)9-11-23/h6-7,12H,5,8-11H2,1-4H3,(H,21,22,24). The van der Waals surface area contributed by atoms with E-state index in [0.29, 0.717) is 16.8 Å². The maximum Gasteiger partial charge on any atom is 0.254 e. The summed E-state index contributed by atoms with van der Waals surface area (Å²) >= 11 is 0. The molecule has 1 aliphatic rings. The minimum absolute atomic E-state index is 0.0867. The van der Waals surface area contributed by atoms with Crippen LogP contribution in [-0.2, 0) is 0 Å². The molecule has 1 fully saturated rings. The van der Waals surface area contributed by atoms with Gasteiger partial charge in [-0.15, -0.1) is 0 Å². The molecule has 2 aromatic heterocycles. The Balaban J connectivity index is 1.82. The lowest BCUT2D eigenvalue weighted by Crippen LogP contribution is -2.25. The lowest BCUT2D eigenvalue weighted by Gasteiger charge is -2.24. The van der Waals surface area contributed by atoms with Crippen molar-refractivity contribution in [1.82, 2.24) is 15.0 Å². The number of hydrogen-bond acceptors (Lipinski definition) is 4. The molecule has 2 aromatic rings. The highest BCUT2D eigenvalue weighted by Gasteiger charge is 2.23. The second-order valence-electron chi connectivity index (χ2n) is 7.53. The molecule has 0 spiro atoms. The number of pyridine rings is 1. The van der Waals surface area contributed by atoms with Gasteiger partial charge in [0.15, 0.2) is 0 Å². The summed E-state index contributed by atoms with van der Waals surface area (Å²) in [7, 11) is 0. The van der Waals surface area contributed by atoms with E-state index in [4.69, 9.17) is 0 Å². The summed E-state index contributed by atoms with van der Waals surface area (Å²) in [6.45, 7) is 10.4. The Morgan fingerprint density at radius 2 is 1.96 bits per heavy atom. The topological polar surface area (TPSA) is 61.9 Å². The van der Waals surface area contributed by atoms with Crippen molar-refractivity contribution in [2.45, 2.75) is 47.0 Å². The predicted octanol–water partition coefficient (Wildman–Crippen LogP) is 3.47. The van der Waals surface area contributed by atoms with Crippen LogP contribution in [0.25, 0.3) is 11.4 Å². The molecule has 3 rings (SSSR count). The molecule has 0 radical (unpaired) electrons. The van der Waals surface area contributed by atoms with Crippen molar-refractivity contribution >= 4 is 5.82 Å². The van der Waals surface area contributed by atoms with Gasteiger partial charge in [0, 0.05) is 36.1 Å². The lowest BCUT2D eigenvalue weighted by molar-refractivity contribution is 0.325. The van der Waals surface area contributed by atoms with Gasteiger partial charge < -0.3 is 9.88 Å². The van der Waals surface area contributed by atoms with Crippen molar-refractivity contribution in [3.8, 4) is 11.4 Å². The molecule has 5 nitrogen and oxygen atoms in total. The summed E-state index contributed by atoms with van der Waals surface area (Å²) in [4.78, 5) is 26.2. The quantitative estimate of drug-likeness (QED) is 0.918. The number of nitrogens with zero attached hydrogens (tertiary/aromatic N) is 3. The largest absolute Gasteiger partial charge is 0.357 e. The zero-order chi connectivity index (χ0) is 17.3. The predicted molar refractivity (Wildman–Crippen MR) is 97.4 cm³/mol. The molecule has 24 heavy (non-hydrogen) atoms. The van der Waals surface area contributed by atoms with Gasteiger partial charge >= 0.3 is 0 Å². The molecule has 0 unspecified atom stereocenters. The van der Waals surface area contributed by atoms with Crippen LogP contribution in [-0.4, -0.2) is 28.0 Å². The number of aryl methyl sites for hydroxylation is 1. The lowest BCUT2D eigenvalue weighted by atomic mass is 9.85. The van der Waals surface area contributed by atoms with Crippen molar-refractivity contribution in [1.29, 1.82) is 0 Å². The molecule has 0 saturated carbocycles. The molecule has 0 aliphatic carbocycles. The second-order valence-corrected chi connectivity index (χ2v) is 7.53. The monoisotopic (exact) mass is 326 g/mol. The smallest absolute Gasteiger partial charge is 0.254 e. The number of aromatic nitrogens is 3. The van der Waals surface area contributed by atoms with E-state index in [9.17, 15) is 4.79 Å². The van der Waals surface area contributed by atoms with Crippen LogP contribution < -0.4 is 10.5 Å². The average molecular weight is 326 g/mol. The highest BCUT2D eigenvalue weighted by Crippen LogP contribution is 2.31. The van der Waals surface area contributed by atoms with Crippen LogP contribution in [0, 0.1) is 19.3 Å². The Bertz CT molecular complexity index is 777. The Morgan fingerprint density at radius 3 is 2.62 bits per heavy atom. The Labute approximate surface area is 143 Å². The molecule has 0 bridgehead atoms. The van der Waals surface area contributed by atoms with Gasteiger partial charge in [0.05, 0.1) is 0 Å². The summed E-state index contributed by atoms with van der Waals surface area (Å²) in [5, 5.41) is 0. The summed E-state index contributed by atoms with van der Waals surface area (Å²) in [5.41, 5.74) is 2.59. The Hall–Kier alpha value is -2.17. The molecule has 0 amide bonds. The first-order valence-corrected chi connectivity index (χ1v) is 8.65. The third-order valence-corrected chi connectivity index (χ3v) is 5.08. The minimum atomic E-state index is -0.0867. The fourth-order valence-electron chi connectivity index (χ4n) is 3.15. The molecule has 128 valence electrons. The fourth-order valence-corrected chi connectivity index (χ4v) is 3.15. The average Bonchev–Trinajstić information content (AvgIpc) is 2.73. The normalized spacial score (nSPS) is 17.6. The summed E-state index contributed by atoms with van der Waals surface area (Å²) in [6, 6.07) is 4.02. The van der Waals surface area contributed by atoms with Gasteiger partial charge in [-0.1, -0.05) is 13.8 Å². The molecular weight excluding hydrogens is 300 g/mol. The van der Waals surface area contributed by atoms with Crippen LogP contribution in [0.3, 0.4) is 0 Å². The third kappa shape index (κ3) is 3.50. The zero-order valence-corrected chi connectivity index (χ0v) is 15.0. The minimum Gasteiger partial charge on any atom is -0.357 e. The molecule has 1 N–H and O–H groups in total. The maximum absolute atomic E-state index is 11.9. The molecule has 0 aromatic carbocycles. The first kappa shape index (κ1) is 16.7. The first-order valence-electron chi connectivity index (χ1n) is 8.65. The van der Waals surface area contributed by atoms with Crippen molar-refractivity contribution < 1.29 is 0 Å². The number of aromatic amines is 1. The van der Waals surface area contributed by atoms with Gasteiger partial charge in [0.2, 0.25) is 0 Å². The van der Waals surface area contributed by atoms with Gasteiger partial charge in [0.25, 0.3) is 5.56 Å². The maximum atomic E-state index is 11.9.